The topological polar surface area (TPSA) is 72.0 Å². The van der Waals surface area contributed by atoms with Crippen molar-refractivity contribution in [2.45, 2.75) is 52.2 Å². The average molecular weight is 528 g/mol. The minimum absolute atomic E-state index is 0. The Kier molecular flexibility index (Phi) is 9.67. The Hall–Kier alpha value is -1.55. The van der Waals surface area contributed by atoms with Gasteiger partial charge in [0.25, 0.3) is 0 Å². The molecule has 0 saturated carbocycles. The van der Waals surface area contributed by atoms with E-state index in [2.05, 4.69) is 52.7 Å². The average Bonchev–Trinajstić information content (AvgIpc) is 3.36. The summed E-state index contributed by atoms with van der Waals surface area (Å²) in [5.41, 5.74) is 1.94. The lowest BCUT2D eigenvalue weighted by Crippen LogP contribution is -2.46. The molecule has 0 bridgehead atoms. The van der Waals surface area contributed by atoms with Crippen molar-refractivity contribution < 1.29 is 4.79 Å². The first-order valence-electron chi connectivity index (χ1n) is 10.8. The third-order valence-electron chi connectivity index (χ3n) is 5.95. The van der Waals surface area contributed by atoms with Gasteiger partial charge in [0, 0.05) is 57.5 Å². The van der Waals surface area contributed by atoms with Crippen molar-refractivity contribution in [2.24, 2.45) is 10.9 Å². The first-order chi connectivity index (χ1) is 14.0. The summed E-state index contributed by atoms with van der Waals surface area (Å²) in [6, 6.07) is 8.96. The molecule has 2 amide bonds. The zero-order valence-electron chi connectivity index (χ0n) is 18.6. The van der Waals surface area contributed by atoms with Crippen LogP contribution >= 0.6 is 24.0 Å². The van der Waals surface area contributed by atoms with Crippen LogP contribution in [0.2, 0.25) is 0 Å². The van der Waals surface area contributed by atoms with Gasteiger partial charge in [-0.3, -0.25) is 9.89 Å². The van der Waals surface area contributed by atoms with Crippen LogP contribution in [0.25, 0.3) is 0 Å². The van der Waals surface area contributed by atoms with Crippen LogP contribution in [-0.4, -0.2) is 67.1 Å². The van der Waals surface area contributed by atoms with E-state index in [0.29, 0.717) is 24.5 Å². The maximum atomic E-state index is 12.3. The molecule has 3 rings (SSSR count). The highest BCUT2D eigenvalue weighted by atomic mass is 127. The SMILES string of the molecule is CN=C(NCc1cccc(NC(=O)N2CCCC2)c1)NC1CN(C(C)C)CC1C.I. The summed E-state index contributed by atoms with van der Waals surface area (Å²) >= 11 is 0. The van der Waals surface area contributed by atoms with Crippen LogP contribution < -0.4 is 16.0 Å². The van der Waals surface area contributed by atoms with Gasteiger partial charge in [-0.15, -0.1) is 24.0 Å². The molecule has 1 aromatic rings. The van der Waals surface area contributed by atoms with E-state index in [0.717, 1.165) is 56.2 Å². The predicted molar refractivity (Wildman–Crippen MR) is 135 cm³/mol. The van der Waals surface area contributed by atoms with Crippen LogP contribution in [-0.2, 0) is 6.54 Å². The van der Waals surface area contributed by atoms with Crippen LogP contribution in [0.15, 0.2) is 29.3 Å². The van der Waals surface area contributed by atoms with Crippen molar-refractivity contribution in [1.29, 1.82) is 0 Å². The van der Waals surface area contributed by atoms with Gasteiger partial charge in [-0.25, -0.2) is 4.79 Å². The van der Waals surface area contributed by atoms with Gasteiger partial charge in [-0.2, -0.15) is 0 Å². The van der Waals surface area contributed by atoms with Gasteiger partial charge >= 0.3 is 6.03 Å². The molecule has 0 spiro atoms. The smallest absolute Gasteiger partial charge is 0.321 e. The van der Waals surface area contributed by atoms with Crippen molar-refractivity contribution in [3.05, 3.63) is 29.8 Å². The lowest BCUT2D eigenvalue weighted by Gasteiger charge is -2.22. The molecule has 3 N–H and O–H groups in total. The molecule has 30 heavy (non-hydrogen) atoms. The summed E-state index contributed by atoms with van der Waals surface area (Å²) in [6.45, 7) is 11.3. The highest BCUT2D eigenvalue weighted by Crippen LogP contribution is 2.19. The first kappa shape index (κ1) is 24.7. The second-order valence-corrected chi connectivity index (χ2v) is 8.53. The molecule has 7 nitrogen and oxygen atoms in total. The Morgan fingerprint density at radius 2 is 1.97 bits per heavy atom. The van der Waals surface area contributed by atoms with Crippen molar-refractivity contribution >= 4 is 41.7 Å². The third kappa shape index (κ3) is 6.73. The molecule has 2 saturated heterocycles. The zero-order valence-corrected chi connectivity index (χ0v) is 21.0. The fourth-order valence-electron chi connectivity index (χ4n) is 4.05. The quantitative estimate of drug-likeness (QED) is 0.312. The largest absolute Gasteiger partial charge is 0.352 e. The highest BCUT2D eigenvalue weighted by Gasteiger charge is 2.31. The molecule has 2 unspecified atom stereocenters. The number of likely N-dealkylation sites (tertiary alicyclic amines) is 2. The molecule has 2 aliphatic rings. The Morgan fingerprint density at radius 1 is 1.23 bits per heavy atom. The Bertz CT molecular complexity index is 719. The van der Waals surface area contributed by atoms with Crippen molar-refractivity contribution in [3.63, 3.8) is 0 Å². The first-order valence-corrected chi connectivity index (χ1v) is 10.8. The van der Waals surface area contributed by atoms with Crippen molar-refractivity contribution in [3.8, 4) is 0 Å². The van der Waals surface area contributed by atoms with Crippen molar-refractivity contribution in [2.75, 3.05) is 38.5 Å². The summed E-state index contributed by atoms with van der Waals surface area (Å²) < 4.78 is 0. The predicted octanol–water partition coefficient (Wildman–Crippen LogP) is 3.33. The van der Waals surface area contributed by atoms with Crippen LogP contribution in [0.1, 0.15) is 39.2 Å². The van der Waals surface area contributed by atoms with Crippen LogP contribution in [0, 0.1) is 5.92 Å². The summed E-state index contributed by atoms with van der Waals surface area (Å²) in [4.78, 5) is 21.1. The Balaban J connectivity index is 0.00000320. The second kappa shape index (κ2) is 11.7. The lowest BCUT2D eigenvalue weighted by molar-refractivity contribution is 0.222. The van der Waals surface area contributed by atoms with Gasteiger partial charge < -0.3 is 20.9 Å². The van der Waals surface area contributed by atoms with Crippen LogP contribution in [0.5, 0.6) is 0 Å². The fourth-order valence-corrected chi connectivity index (χ4v) is 4.05. The molecule has 2 atom stereocenters. The number of aliphatic imine (C=N–C) groups is 1. The molecule has 2 fully saturated rings. The molecule has 8 heteroatoms. The lowest BCUT2D eigenvalue weighted by atomic mass is 10.1. The number of nitrogens with one attached hydrogen (secondary N) is 3. The number of anilines is 1. The number of amides is 2. The number of carbonyl (C=O) groups excluding carboxylic acids is 1. The molecule has 1 aromatic carbocycles. The van der Waals surface area contributed by atoms with Crippen LogP contribution in [0.3, 0.4) is 0 Å². The van der Waals surface area contributed by atoms with Gasteiger partial charge in [0.05, 0.1) is 0 Å². The highest BCUT2D eigenvalue weighted by molar-refractivity contribution is 14.0. The minimum atomic E-state index is -0.00462. The summed E-state index contributed by atoms with van der Waals surface area (Å²) in [5.74, 6) is 1.40. The second-order valence-electron chi connectivity index (χ2n) is 8.53. The number of halogens is 1. The van der Waals surface area contributed by atoms with E-state index in [1.807, 2.05) is 30.1 Å². The van der Waals surface area contributed by atoms with Gasteiger partial charge in [-0.05, 0) is 50.3 Å². The molecular weight excluding hydrogens is 491 g/mol. The molecule has 0 aromatic heterocycles. The van der Waals surface area contributed by atoms with E-state index in [9.17, 15) is 4.79 Å². The standard InChI is InChI=1S/C22H36N6O.HI/c1-16(2)28-14-17(3)20(15-28)26-21(23-4)24-13-18-8-7-9-19(12-18)25-22(29)27-10-5-6-11-27;/h7-9,12,16-17,20H,5-6,10-11,13-15H2,1-4H3,(H,25,29)(H2,23,24,26);1H. The normalized spacial score (nSPS) is 22.2. The number of hydrogen-bond acceptors (Lipinski definition) is 3. The van der Waals surface area contributed by atoms with E-state index < -0.39 is 0 Å². The maximum Gasteiger partial charge on any atom is 0.321 e. The molecular formula is C22H37IN6O. The number of carbonyl (C=O) groups is 1. The van der Waals surface area contributed by atoms with Gasteiger partial charge in [0.2, 0.25) is 0 Å². The van der Waals surface area contributed by atoms with Gasteiger partial charge in [0.15, 0.2) is 5.96 Å². The number of urea groups is 1. The zero-order chi connectivity index (χ0) is 20.8. The summed E-state index contributed by atoms with van der Waals surface area (Å²) in [7, 11) is 1.81. The number of guanidine groups is 1. The molecule has 2 heterocycles. The summed E-state index contributed by atoms with van der Waals surface area (Å²) in [6.07, 6.45) is 2.19. The van der Waals surface area contributed by atoms with Crippen molar-refractivity contribution in [1.82, 2.24) is 20.4 Å². The summed E-state index contributed by atoms with van der Waals surface area (Å²) in [5, 5.41) is 10.00. The number of nitrogens with zero attached hydrogens (tertiary/aromatic N) is 3. The molecule has 0 aliphatic carbocycles. The Morgan fingerprint density at radius 3 is 2.60 bits per heavy atom. The number of hydrogen-bond donors (Lipinski definition) is 3. The van der Waals surface area contributed by atoms with E-state index in [-0.39, 0.29) is 30.0 Å². The van der Waals surface area contributed by atoms with E-state index >= 15 is 0 Å². The van der Waals surface area contributed by atoms with Crippen LogP contribution in [0.4, 0.5) is 10.5 Å². The van der Waals surface area contributed by atoms with E-state index in [1.54, 1.807) is 0 Å². The Labute approximate surface area is 198 Å². The monoisotopic (exact) mass is 528 g/mol. The minimum Gasteiger partial charge on any atom is -0.352 e. The molecule has 168 valence electrons. The maximum absolute atomic E-state index is 12.3. The van der Waals surface area contributed by atoms with Gasteiger partial charge in [0.1, 0.15) is 0 Å². The van der Waals surface area contributed by atoms with E-state index in [1.165, 1.54) is 0 Å². The van der Waals surface area contributed by atoms with E-state index in [4.69, 9.17) is 0 Å². The molecule has 2 aliphatic heterocycles. The van der Waals surface area contributed by atoms with Gasteiger partial charge in [-0.1, -0.05) is 19.1 Å². The number of benzene rings is 1. The molecule has 0 radical (unpaired) electrons. The fraction of sp³-hybridized carbons (Fsp3) is 0.636. The third-order valence-corrected chi connectivity index (χ3v) is 5.95. The number of rotatable bonds is 5.